The first-order valence-corrected chi connectivity index (χ1v) is 4.03. The monoisotopic (exact) mass is 243 g/mol. The van der Waals surface area contributed by atoms with Crippen molar-refractivity contribution in [3.63, 3.8) is 0 Å². The van der Waals surface area contributed by atoms with Crippen LogP contribution in [0, 0.1) is 5.82 Å². The van der Waals surface area contributed by atoms with Crippen LogP contribution in [0.25, 0.3) is 0 Å². The molecule has 0 spiro atoms. The van der Waals surface area contributed by atoms with Gasteiger partial charge in [-0.3, -0.25) is 4.79 Å². The minimum atomic E-state index is -2.99. The number of aromatic nitrogens is 1. The predicted molar refractivity (Wildman–Crippen MR) is 44.3 cm³/mol. The molecule has 0 N–H and O–H groups in total. The molecule has 0 amide bonds. The molecule has 7 heteroatoms. The second kappa shape index (κ2) is 4.14. The van der Waals surface area contributed by atoms with E-state index in [1.54, 1.807) is 0 Å². The lowest BCUT2D eigenvalue weighted by atomic mass is 10.3. The van der Waals surface area contributed by atoms with Crippen LogP contribution in [0.1, 0.15) is 22.6 Å². The number of hydrogen-bond acceptors (Lipinski definition) is 2. The molecule has 0 aromatic carbocycles. The van der Waals surface area contributed by atoms with Crippen LogP contribution in [-0.2, 0) is 0 Å². The molecule has 0 radical (unpaired) electrons. The third-order valence-electron chi connectivity index (χ3n) is 1.34. The van der Waals surface area contributed by atoms with E-state index in [-0.39, 0.29) is 0 Å². The lowest BCUT2D eigenvalue weighted by Gasteiger charge is -2.03. The van der Waals surface area contributed by atoms with Gasteiger partial charge < -0.3 is 0 Å². The molecule has 1 rings (SSSR count). The van der Waals surface area contributed by atoms with E-state index in [2.05, 4.69) is 4.98 Å². The van der Waals surface area contributed by atoms with Crippen molar-refractivity contribution >= 4 is 28.4 Å². The number of nitrogens with zero attached hydrogens (tertiary/aromatic N) is 1. The fraction of sp³-hybridized carbons (Fsp3) is 0.143. The number of halogens is 5. The van der Waals surface area contributed by atoms with Crippen molar-refractivity contribution in [1.82, 2.24) is 4.98 Å². The Kier molecular flexibility index (Phi) is 3.34. The number of rotatable bonds is 2. The Morgan fingerprint density at radius 1 is 1.50 bits per heavy atom. The Balaban J connectivity index is 3.35. The van der Waals surface area contributed by atoms with Gasteiger partial charge in [-0.15, -0.1) is 0 Å². The molecule has 0 saturated carbocycles. The van der Waals surface area contributed by atoms with Crippen LogP contribution in [0.2, 0.25) is 5.02 Å². The molecule has 76 valence electrons. The molecule has 0 fully saturated rings. The van der Waals surface area contributed by atoms with Gasteiger partial charge in [-0.05, 0) is 11.6 Å². The fourth-order valence-corrected chi connectivity index (χ4v) is 1.13. The van der Waals surface area contributed by atoms with Crippen molar-refractivity contribution in [3.05, 3.63) is 28.3 Å². The van der Waals surface area contributed by atoms with Gasteiger partial charge in [0.15, 0.2) is 0 Å². The van der Waals surface area contributed by atoms with Gasteiger partial charge in [0.1, 0.15) is 22.2 Å². The van der Waals surface area contributed by atoms with Gasteiger partial charge in [0.05, 0.1) is 0 Å². The molecule has 0 aliphatic carbocycles. The van der Waals surface area contributed by atoms with Crippen molar-refractivity contribution in [3.8, 4) is 0 Å². The standard InChI is InChI=1S/C7H2Cl2F3NO/c8-4-2(10)1-3(7(11)12)13-5(4)6(9)14/h1,7H. The number of pyridine rings is 1. The summed E-state index contributed by atoms with van der Waals surface area (Å²) in [5.74, 6) is -1.15. The summed E-state index contributed by atoms with van der Waals surface area (Å²) < 4.78 is 37.0. The van der Waals surface area contributed by atoms with Crippen LogP contribution < -0.4 is 0 Å². The maximum absolute atomic E-state index is 12.8. The average Bonchev–Trinajstić information content (AvgIpc) is 2.08. The van der Waals surface area contributed by atoms with Crippen molar-refractivity contribution in [2.24, 2.45) is 0 Å². The molecule has 0 aliphatic heterocycles. The smallest absolute Gasteiger partial charge is 0.274 e. The first-order valence-electron chi connectivity index (χ1n) is 3.27. The Bertz CT molecular complexity index is 383. The SMILES string of the molecule is O=C(Cl)c1nc(C(F)F)cc(F)c1Cl. The van der Waals surface area contributed by atoms with E-state index in [0.717, 1.165) is 0 Å². The summed E-state index contributed by atoms with van der Waals surface area (Å²) in [6.07, 6.45) is -2.99. The Labute approximate surface area is 86.6 Å². The summed E-state index contributed by atoms with van der Waals surface area (Å²) in [4.78, 5) is 13.7. The molecule has 0 aliphatic rings. The first-order chi connectivity index (χ1) is 6.43. The van der Waals surface area contributed by atoms with Gasteiger partial charge in [0.2, 0.25) is 0 Å². The molecule has 0 saturated heterocycles. The number of alkyl halides is 2. The van der Waals surface area contributed by atoms with Gasteiger partial charge in [0.25, 0.3) is 11.7 Å². The molecular formula is C7H2Cl2F3NO. The van der Waals surface area contributed by atoms with E-state index >= 15 is 0 Å². The molecule has 0 atom stereocenters. The maximum Gasteiger partial charge on any atom is 0.280 e. The van der Waals surface area contributed by atoms with E-state index in [9.17, 15) is 18.0 Å². The van der Waals surface area contributed by atoms with Crippen LogP contribution >= 0.6 is 23.2 Å². The summed E-state index contributed by atoms with van der Waals surface area (Å²) in [6, 6.07) is 0.455. The molecule has 0 bridgehead atoms. The van der Waals surface area contributed by atoms with E-state index in [1.807, 2.05) is 0 Å². The van der Waals surface area contributed by atoms with E-state index in [0.29, 0.717) is 6.07 Å². The van der Waals surface area contributed by atoms with Gasteiger partial charge in [-0.25, -0.2) is 18.2 Å². The lowest BCUT2D eigenvalue weighted by molar-refractivity contribution is 0.107. The topological polar surface area (TPSA) is 30.0 Å². The largest absolute Gasteiger partial charge is 0.280 e. The van der Waals surface area contributed by atoms with Crippen molar-refractivity contribution in [2.75, 3.05) is 0 Å². The molecule has 14 heavy (non-hydrogen) atoms. The molecule has 2 nitrogen and oxygen atoms in total. The fourth-order valence-electron chi connectivity index (χ4n) is 0.759. The van der Waals surface area contributed by atoms with Crippen molar-refractivity contribution in [1.29, 1.82) is 0 Å². The van der Waals surface area contributed by atoms with Gasteiger partial charge >= 0.3 is 0 Å². The molecule has 1 heterocycles. The summed E-state index contributed by atoms with van der Waals surface area (Å²) in [5.41, 5.74) is -1.58. The van der Waals surface area contributed by atoms with Crippen LogP contribution in [0.4, 0.5) is 13.2 Å². The minimum absolute atomic E-state index is 0.455. The number of hydrogen-bond donors (Lipinski definition) is 0. The highest BCUT2D eigenvalue weighted by Gasteiger charge is 2.19. The summed E-state index contributed by atoms with van der Waals surface area (Å²) >= 11 is 10.2. The Hall–Kier alpha value is -0.810. The lowest BCUT2D eigenvalue weighted by Crippen LogP contribution is -2.02. The Morgan fingerprint density at radius 2 is 2.07 bits per heavy atom. The highest BCUT2D eigenvalue weighted by molar-refractivity contribution is 6.68. The molecule has 1 aromatic heterocycles. The second-order valence-corrected chi connectivity index (χ2v) is 2.99. The molecule has 0 unspecified atom stereocenters. The van der Waals surface area contributed by atoms with Crippen LogP contribution in [0.3, 0.4) is 0 Å². The van der Waals surface area contributed by atoms with E-state index < -0.39 is 33.9 Å². The number of carbonyl (C=O) groups excluding carboxylic acids is 1. The third kappa shape index (κ3) is 2.16. The number of carbonyl (C=O) groups is 1. The molecule has 1 aromatic rings. The van der Waals surface area contributed by atoms with E-state index in [4.69, 9.17) is 23.2 Å². The first kappa shape index (κ1) is 11.3. The van der Waals surface area contributed by atoms with Gasteiger partial charge in [-0.2, -0.15) is 0 Å². The van der Waals surface area contributed by atoms with Crippen LogP contribution in [0.15, 0.2) is 6.07 Å². The third-order valence-corrected chi connectivity index (χ3v) is 1.88. The zero-order chi connectivity index (χ0) is 10.9. The van der Waals surface area contributed by atoms with Crippen molar-refractivity contribution in [2.45, 2.75) is 6.43 Å². The summed E-state index contributed by atoms with van der Waals surface area (Å²) in [6.45, 7) is 0. The van der Waals surface area contributed by atoms with Gasteiger partial charge in [-0.1, -0.05) is 11.6 Å². The highest BCUT2D eigenvalue weighted by atomic mass is 35.5. The zero-order valence-corrected chi connectivity index (χ0v) is 7.91. The van der Waals surface area contributed by atoms with Gasteiger partial charge in [0, 0.05) is 6.07 Å². The average molecular weight is 244 g/mol. The van der Waals surface area contributed by atoms with Crippen molar-refractivity contribution < 1.29 is 18.0 Å². The quantitative estimate of drug-likeness (QED) is 0.747. The minimum Gasteiger partial charge on any atom is -0.274 e. The normalized spacial score (nSPS) is 10.7. The Morgan fingerprint density at radius 3 is 2.50 bits per heavy atom. The van der Waals surface area contributed by atoms with E-state index in [1.165, 1.54) is 0 Å². The van der Waals surface area contributed by atoms with Crippen LogP contribution in [-0.4, -0.2) is 10.2 Å². The summed E-state index contributed by atoms with van der Waals surface area (Å²) in [5, 5.41) is -1.84. The summed E-state index contributed by atoms with van der Waals surface area (Å²) in [7, 11) is 0. The predicted octanol–water partition coefficient (Wildman–Crippen LogP) is 3.19. The molecular weight excluding hydrogens is 242 g/mol. The maximum atomic E-state index is 12.8. The van der Waals surface area contributed by atoms with Crippen LogP contribution in [0.5, 0.6) is 0 Å². The highest BCUT2D eigenvalue weighted by Crippen LogP contribution is 2.25. The second-order valence-electron chi connectivity index (χ2n) is 2.27. The zero-order valence-electron chi connectivity index (χ0n) is 6.40.